The Hall–Kier alpha value is -7.92. The van der Waals surface area contributed by atoms with Gasteiger partial charge in [0.15, 0.2) is 10.3 Å². The van der Waals surface area contributed by atoms with Gasteiger partial charge in [-0.15, -0.1) is 0 Å². The number of hydrogen-bond donors (Lipinski definition) is 0. The molecule has 0 saturated heterocycles. The van der Waals surface area contributed by atoms with E-state index in [1.54, 1.807) is 0 Å². The van der Waals surface area contributed by atoms with Crippen molar-refractivity contribution in [3.63, 3.8) is 0 Å². The molecule has 2 aromatic heterocycles. The molecule has 2 aliphatic rings. The lowest BCUT2D eigenvalue weighted by Crippen LogP contribution is -2.40. The Bertz CT molecular complexity index is 5650. The molecule has 0 spiro atoms. The first-order valence-corrected chi connectivity index (χ1v) is 30.6. The summed E-state index contributed by atoms with van der Waals surface area (Å²) in [5.74, 6) is -8.21. The zero-order chi connectivity index (χ0) is 97.4. The zero-order valence-electron chi connectivity index (χ0n) is 83.7. The third-order valence-corrected chi connectivity index (χ3v) is 15.8. The van der Waals surface area contributed by atoms with Gasteiger partial charge in [0.05, 0.1) is 31.7 Å². The number of benzene rings is 6. The molecule has 0 aliphatic heterocycles. The molecule has 2 amide bonds. The number of likely N-dealkylation sites (N-methyl/N-ethyl adjacent to an activating group) is 2. The van der Waals surface area contributed by atoms with Crippen LogP contribution >= 0.6 is 23.5 Å². The summed E-state index contributed by atoms with van der Waals surface area (Å²) in [5.41, 5.74) is -17.2. The fourth-order valence-corrected chi connectivity index (χ4v) is 10.7. The number of thioether (sulfide) groups is 2. The molecule has 8 aromatic rings. The van der Waals surface area contributed by atoms with Crippen LogP contribution in [0.15, 0.2) is 159 Å². The van der Waals surface area contributed by atoms with Crippen molar-refractivity contribution in [1.82, 2.24) is 38.7 Å². The summed E-state index contributed by atoms with van der Waals surface area (Å²) >= 11 is 0.1000. The molecule has 508 valence electrons. The largest absolute Gasteiger partial charge is 0.416 e. The monoisotopic (exact) mass is 1390 g/mol. The highest BCUT2D eigenvalue weighted by molar-refractivity contribution is 7.98. The lowest BCUT2D eigenvalue weighted by Gasteiger charge is -2.28. The average Bonchev–Trinajstić information content (AvgIpc) is 1.51. The van der Waals surface area contributed by atoms with Crippen LogP contribution in [0.5, 0.6) is 0 Å². The number of carbonyl (C=O) groups excluding carboxylic acids is 2. The normalized spacial score (nSPS) is 21.8. The number of fused-ring (bicyclic) bond motifs is 2. The van der Waals surface area contributed by atoms with E-state index in [1.807, 2.05) is 0 Å². The molecule has 96 heavy (non-hydrogen) atoms. The Labute approximate surface area is 608 Å². The second-order valence-electron chi connectivity index (χ2n) is 20.6. The second kappa shape index (κ2) is 32.9. The van der Waals surface area contributed by atoms with Gasteiger partial charge in [-0.05, 0) is 169 Å². The van der Waals surface area contributed by atoms with E-state index in [-0.39, 0.29) is 90.7 Å². The number of nitrogens with zero attached hydrogens (tertiary/aromatic N) is 8. The van der Waals surface area contributed by atoms with Gasteiger partial charge in [-0.2, -0.15) is 36.3 Å². The summed E-state index contributed by atoms with van der Waals surface area (Å²) in [6.45, 7) is -22.5. The van der Waals surface area contributed by atoms with Gasteiger partial charge in [-0.3, -0.25) is 19.2 Å². The van der Waals surface area contributed by atoms with Gasteiger partial charge in [0, 0.05) is 96.4 Å². The maximum Gasteiger partial charge on any atom is 0.416 e. The Morgan fingerprint density at radius 2 is 1.03 bits per heavy atom. The van der Waals surface area contributed by atoms with Gasteiger partial charge < -0.3 is 28.7 Å². The number of carbonyl (C=O) groups is 2. The van der Waals surface area contributed by atoms with Crippen molar-refractivity contribution in [3.8, 4) is 22.3 Å². The third kappa shape index (κ3) is 19.0. The summed E-state index contributed by atoms with van der Waals surface area (Å²) in [5, 5.41) is -1.80. The molecule has 0 saturated carbocycles. The first kappa shape index (κ1) is 40.7. The molecule has 0 N–H and O–H groups in total. The van der Waals surface area contributed by atoms with Crippen molar-refractivity contribution in [3.05, 3.63) is 233 Å². The molecular weight excluding hydrogens is 1280 g/mol. The van der Waals surface area contributed by atoms with Crippen LogP contribution in [0.2, 0.25) is 0 Å². The van der Waals surface area contributed by atoms with E-state index in [0.29, 0.717) is 14.4 Å². The highest BCUT2D eigenvalue weighted by Gasteiger charge is 2.33. The predicted molar refractivity (Wildman–Crippen MR) is 362 cm³/mol. The molecule has 12 nitrogen and oxygen atoms in total. The van der Waals surface area contributed by atoms with Crippen LogP contribution < -0.4 is 11.1 Å². The van der Waals surface area contributed by atoms with Gasteiger partial charge in [0.25, 0.3) is 11.1 Å². The van der Waals surface area contributed by atoms with Gasteiger partial charge in [0.1, 0.15) is 24.6 Å². The summed E-state index contributed by atoms with van der Waals surface area (Å²) in [6, 6.07) is 7.32. The van der Waals surface area contributed by atoms with Crippen molar-refractivity contribution < 1.29 is 88.6 Å². The molecular formula is C74H80F8N8O4S2. The highest BCUT2D eigenvalue weighted by atomic mass is 32.2. The summed E-state index contributed by atoms with van der Waals surface area (Å²) in [7, 11) is 0. The minimum Gasteiger partial charge on any atom is -0.336 e. The molecule has 0 bridgehead atoms. The lowest BCUT2D eigenvalue weighted by atomic mass is 9.98. The Morgan fingerprint density at radius 3 is 1.53 bits per heavy atom. The molecule has 1 atom stereocenters. The first-order valence-electron chi connectivity index (χ1n) is 44.9. The van der Waals surface area contributed by atoms with E-state index < -0.39 is 258 Å². The van der Waals surface area contributed by atoms with Crippen LogP contribution in [0, 0.1) is 24.5 Å². The first-order chi connectivity index (χ1) is 57.9. The predicted octanol–water partition coefficient (Wildman–Crippen LogP) is 15.0. The minimum atomic E-state index is -5.37. The summed E-state index contributed by atoms with van der Waals surface area (Å²) in [6.07, 6.45) is -16.4. The number of aromatic nitrogens is 4. The molecule has 1 unspecified atom stereocenters. The Kier molecular flexibility index (Phi) is 13.9. The number of hydrogen-bond acceptors (Lipinski definition) is 10. The summed E-state index contributed by atoms with van der Waals surface area (Å²) in [4.78, 5) is 66.2. The van der Waals surface area contributed by atoms with Crippen molar-refractivity contribution in [1.29, 1.82) is 0 Å². The molecule has 6 aromatic carbocycles. The molecule has 2 aliphatic carbocycles. The van der Waals surface area contributed by atoms with E-state index in [9.17, 15) is 55.7 Å². The summed E-state index contributed by atoms with van der Waals surface area (Å²) < 4.78 is 389. The van der Waals surface area contributed by atoms with Crippen molar-refractivity contribution >= 4 is 35.3 Å². The van der Waals surface area contributed by atoms with Gasteiger partial charge >= 0.3 is 12.4 Å². The van der Waals surface area contributed by atoms with E-state index in [4.69, 9.17) is 32.9 Å². The number of halogens is 8. The van der Waals surface area contributed by atoms with E-state index in [0.717, 1.165) is 126 Å². The Balaban J connectivity index is 0.000000289. The van der Waals surface area contributed by atoms with Gasteiger partial charge in [-0.1, -0.05) is 149 Å². The fraction of sp³-hybridized carbons (Fsp3) is 0.378. The van der Waals surface area contributed by atoms with Crippen LogP contribution in [-0.2, 0) is 84.9 Å². The zero-order valence-corrected chi connectivity index (χ0v) is 53.4. The smallest absolute Gasteiger partial charge is 0.336 e. The number of amides is 2. The molecule has 22 heteroatoms. The minimum absolute atomic E-state index is 0.0482. The average molecular weight is 1390 g/mol. The van der Waals surface area contributed by atoms with Gasteiger partial charge in [0.2, 0.25) is 11.8 Å². The quantitative estimate of drug-likeness (QED) is 0.0295. The SMILES string of the molecule is [2H]C([2H])(Sc1nc(=O)c2c(n1C([2H])([2H])C(=O)N(CCN(C([2H])([2H])C)C([2H])([2H])C)C([2H])([2H])c1ccc(-c3ccc(C(F)(F)F)cc3)cc1)C([2H])([2H])C([2H])(C)C2([2H])[2H])c1ccc(F)cc1.[2H]c1c([2H])c(C(F)(F)F)c([2H])c([2H])c1-c1c([2H])c([2H])c(C([2H])([2H])N(CCN(C([2H])([2H])C)C([2H])([2H])C)C(=O)C([2H])([2H])n2c(SC([2H])([2H])c3ccc(F)cc3)nc(=O)c3c2CCC3)c(C)c1[2H]. The molecule has 0 radical (unpaired) electrons. The van der Waals surface area contributed by atoms with Crippen LogP contribution in [-0.4, -0.2) is 103 Å². The van der Waals surface area contributed by atoms with E-state index in [2.05, 4.69) is 9.97 Å². The highest BCUT2D eigenvalue weighted by Crippen LogP contribution is 2.35. The maximum absolute atomic E-state index is 15.1. The number of rotatable bonds is 26. The van der Waals surface area contributed by atoms with Crippen LogP contribution in [0.4, 0.5) is 35.1 Å². The standard InChI is InChI=1S/2C37H40F4N4O2S/c1-4-43(5-2)18-19-44(22-26-6-10-28(11-7-26)29-12-14-30(15-13-29)37(39,40)41)34(46)23-45-33-21-25(3)20-32(33)35(47)42-36(45)48-24-27-8-16-31(38)17-9-27;1-4-43(5-2)19-20-44(22-29-12-11-28(21-25(29)3)27-13-15-30(16-14-27)37(39,40)41)34(46)23-45-33-8-6-7-32(33)35(47)42-36(45)48-24-26-9-17-31(38)18-10-26/h6-17,25H,4-5,18-24H2,1-3H3;9-18,21H,4-8,19-20,22-24H2,1-3H3/i4D2,5D2,20D2,21D2,22D2,23D2,24D2,25D;4D2,5D2,11D,12D,13D,14D,15D,16D,21D,22D2,23D2,24D2. The van der Waals surface area contributed by atoms with Crippen LogP contribution in [0.25, 0.3) is 22.3 Å². The van der Waals surface area contributed by atoms with Crippen molar-refractivity contribution in [2.75, 3.05) is 52.2 Å². The number of alkyl halides is 6. The Morgan fingerprint density at radius 1 is 0.573 bits per heavy atom. The van der Waals surface area contributed by atoms with Crippen LogP contribution in [0.1, 0.15) is 146 Å². The lowest BCUT2D eigenvalue weighted by molar-refractivity contribution is -0.138. The van der Waals surface area contributed by atoms with Crippen molar-refractivity contribution in [2.45, 2.75) is 134 Å². The van der Waals surface area contributed by atoms with Crippen LogP contribution in [0.3, 0.4) is 0 Å². The van der Waals surface area contributed by atoms with Gasteiger partial charge in [-0.25, -0.2) is 8.78 Å². The molecule has 2 heterocycles. The third-order valence-electron chi connectivity index (χ3n) is 14.2. The van der Waals surface area contributed by atoms with E-state index in [1.165, 1.54) is 12.1 Å². The molecule has 10 rings (SSSR count). The fourth-order valence-electron chi connectivity index (χ4n) is 9.25. The van der Waals surface area contributed by atoms with E-state index >= 15 is 9.59 Å². The molecule has 0 fully saturated rings. The topological polar surface area (TPSA) is 117 Å². The maximum atomic E-state index is 15.1. The van der Waals surface area contributed by atoms with Crippen molar-refractivity contribution in [2.24, 2.45) is 5.89 Å². The second-order valence-corrected chi connectivity index (χ2v) is 22.1.